The molecule has 8 nitrogen and oxygen atoms in total. The molecule has 4 N–H and O–H groups in total. The van der Waals surface area contributed by atoms with Gasteiger partial charge < -0.3 is 34.6 Å². The highest BCUT2D eigenvalue weighted by Crippen LogP contribution is 2.64. The Morgan fingerprint density at radius 1 is 1.21 bits per heavy atom. The lowest BCUT2D eigenvalue weighted by molar-refractivity contribution is -0.256. The second-order valence-corrected chi connectivity index (χ2v) is 13.0. The summed E-state index contributed by atoms with van der Waals surface area (Å²) < 4.78 is 18.6. The minimum atomic E-state index is -1.09. The van der Waals surface area contributed by atoms with Crippen LogP contribution in [0, 0.1) is 17.3 Å². The van der Waals surface area contributed by atoms with Crippen LogP contribution < -0.4 is 4.74 Å². The molecule has 2 aliphatic heterocycles. The average molecular weight is 535 g/mol. The van der Waals surface area contributed by atoms with Crippen LogP contribution in [0.5, 0.6) is 17.2 Å². The molecule has 9 atom stereocenters. The van der Waals surface area contributed by atoms with Crippen molar-refractivity contribution in [1.29, 1.82) is 0 Å². The van der Waals surface area contributed by atoms with Crippen molar-refractivity contribution in [3.63, 3.8) is 0 Å². The number of ether oxygens (including phenoxy) is 3. The Kier molecular flexibility index (Phi) is 7.52. The van der Waals surface area contributed by atoms with E-state index < -0.39 is 46.6 Å². The maximum absolute atomic E-state index is 11.8. The van der Waals surface area contributed by atoms with Crippen molar-refractivity contribution in [2.24, 2.45) is 17.3 Å². The number of benzene rings is 1. The zero-order valence-electron chi connectivity index (χ0n) is 24.1. The Bertz CT molecular complexity index is 1060. The van der Waals surface area contributed by atoms with E-state index in [9.17, 15) is 25.2 Å². The van der Waals surface area contributed by atoms with Crippen molar-refractivity contribution in [1.82, 2.24) is 0 Å². The molecular formula is C30H46O8. The number of phenols is 2. The maximum Gasteiger partial charge on any atom is 0.302 e. The van der Waals surface area contributed by atoms with Gasteiger partial charge in [-0.3, -0.25) is 4.79 Å². The lowest BCUT2D eigenvalue weighted by Crippen LogP contribution is -2.64. The van der Waals surface area contributed by atoms with E-state index >= 15 is 0 Å². The summed E-state index contributed by atoms with van der Waals surface area (Å²) in [5.74, 6) is -1.40. The lowest BCUT2D eigenvalue weighted by atomic mass is 9.53. The third-order valence-electron chi connectivity index (χ3n) is 9.81. The smallest absolute Gasteiger partial charge is 0.302 e. The molecule has 0 radical (unpaired) electrons. The molecule has 1 aliphatic carbocycles. The van der Waals surface area contributed by atoms with Gasteiger partial charge in [0.05, 0.1) is 29.5 Å². The molecule has 0 amide bonds. The summed E-state index contributed by atoms with van der Waals surface area (Å²) in [4.78, 5) is 11.8. The van der Waals surface area contributed by atoms with Crippen molar-refractivity contribution in [3.05, 3.63) is 17.2 Å². The van der Waals surface area contributed by atoms with Crippen LogP contribution in [0.25, 0.3) is 0 Å². The highest BCUT2D eigenvalue weighted by atomic mass is 16.5. The van der Waals surface area contributed by atoms with Gasteiger partial charge in [-0.05, 0) is 58.4 Å². The predicted molar refractivity (Wildman–Crippen MR) is 142 cm³/mol. The van der Waals surface area contributed by atoms with Crippen LogP contribution in [0.1, 0.15) is 111 Å². The van der Waals surface area contributed by atoms with Gasteiger partial charge >= 0.3 is 5.97 Å². The zero-order valence-corrected chi connectivity index (χ0v) is 24.1. The number of rotatable bonds is 6. The first-order valence-electron chi connectivity index (χ1n) is 14.1. The van der Waals surface area contributed by atoms with Gasteiger partial charge in [-0.2, -0.15) is 0 Å². The van der Waals surface area contributed by atoms with E-state index in [2.05, 4.69) is 6.92 Å². The van der Waals surface area contributed by atoms with E-state index in [0.29, 0.717) is 24.8 Å². The molecule has 2 heterocycles. The number of carbonyl (C=O) groups excluding carboxylic acids is 1. The number of aliphatic hydroxyl groups is 2. The zero-order chi connectivity index (χ0) is 28.4. The second kappa shape index (κ2) is 9.86. The Morgan fingerprint density at radius 3 is 2.45 bits per heavy atom. The van der Waals surface area contributed by atoms with Crippen LogP contribution in [0.3, 0.4) is 0 Å². The highest BCUT2D eigenvalue weighted by Gasteiger charge is 2.63. The van der Waals surface area contributed by atoms with Gasteiger partial charge in [0.1, 0.15) is 17.5 Å². The van der Waals surface area contributed by atoms with Gasteiger partial charge in [0, 0.05) is 29.7 Å². The van der Waals surface area contributed by atoms with E-state index in [1.807, 2.05) is 27.7 Å². The molecule has 1 saturated heterocycles. The van der Waals surface area contributed by atoms with Crippen LogP contribution in [0.15, 0.2) is 6.07 Å². The first-order chi connectivity index (χ1) is 17.5. The number of aliphatic hydroxyl groups excluding tert-OH is 1. The molecule has 1 aromatic rings. The molecule has 2 fully saturated rings. The molecule has 0 aromatic heterocycles. The molecule has 0 spiro atoms. The van der Waals surface area contributed by atoms with Crippen LogP contribution in [-0.2, 0) is 14.3 Å². The van der Waals surface area contributed by atoms with Crippen molar-refractivity contribution in [2.75, 3.05) is 0 Å². The third-order valence-corrected chi connectivity index (χ3v) is 9.81. The SMILES string of the molecule is CC[C@H](C)[C@@H](OC(C)=O)[C@@H](C)c1cc(O)c2c(c1O)O[C@]1(C)CC[C@H]3O[C@@H](C(C)(C)O)CC[C@]3(C)[C@H]1[C@@H]2O. The van der Waals surface area contributed by atoms with Gasteiger partial charge in [-0.25, -0.2) is 0 Å². The van der Waals surface area contributed by atoms with E-state index in [-0.39, 0.29) is 40.9 Å². The van der Waals surface area contributed by atoms with Crippen LogP contribution in [0.2, 0.25) is 0 Å². The highest BCUT2D eigenvalue weighted by molar-refractivity contribution is 5.66. The molecule has 4 rings (SSSR count). The van der Waals surface area contributed by atoms with Gasteiger partial charge in [-0.1, -0.05) is 34.1 Å². The second-order valence-electron chi connectivity index (χ2n) is 13.0. The number of hydrogen-bond acceptors (Lipinski definition) is 8. The summed E-state index contributed by atoms with van der Waals surface area (Å²) in [6.45, 7) is 14.8. The largest absolute Gasteiger partial charge is 0.507 e. The lowest BCUT2D eigenvalue weighted by Gasteiger charge is -2.61. The molecule has 3 aliphatic rings. The van der Waals surface area contributed by atoms with Gasteiger partial charge in [0.15, 0.2) is 11.5 Å². The number of esters is 1. The quantitative estimate of drug-likeness (QED) is 0.293. The normalized spacial score (nSPS) is 35.1. The summed E-state index contributed by atoms with van der Waals surface area (Å²) >= 11 is 0. The van der Waals surface area contributed by atoms with Crippen molar-refractivity contribution in [3.8, 4) is 17.2 Å². The summed E-state index contributed by atoms with van der Waals surface area (Å²) in [5.41, 5.74) is -1.64. The van der Waals surface area contributed by atoms with E-state index in [4.69, 9.17) is 14.2 Å². The standard InChI is InChI=1S/C30H46O8/c1-9-15(2)25(36-17(4)31)16(3)18-14-19(32)22-24(34)27-29(7)12-10-20(28(5,6)35)37-21(29)11-13-30(27,8)38-26(22)23(18)33/h14-16,20-21,24-25,27,32-35H,9-13H2,1-8H3/t15-,16-,20+,21+,24+,25+,27+,29-,30+/m0/s1. The molecule has 0 unspecified atom stereocenters. The van der Waals surface area contributed by atoms with Crippen molar-refractivity contribution < 1.29 is 39.4 Å². The maximum atomic E-state index is 11.8. The number of hydrogen-bond donors (Lipinski definition) is 4. The molecule has 214 valence electrons. The molecular weight excluding hydrogens is 488 g/mol. The summed E-state index contributed by atoms with van der Waals surface area (Å²) in [7, 11) is 0. The number of carbonyl (C=O) groups is 1. The minimum absolute atomic E-state index is 0.0223. The molecule has 1 saturated carbocycles. The topological polar surface area (TPSA) is 126 Å². The Hall–Kier alpha value is -2.03. The Morgan fingerprint density at radius 2 is 1.87 bits per heavy atom. The van der Waals surface area contributed by atoms with Crippen molar-refractivity contribution >= 4 is 5.97 Å². The van der Waals surface area contributed by atoms with Crippen LogP contribution in [-0.4, -0.2) is 55.9 Å². The Balaban J connectivity index is 1.74. The molecule has 8 heteroatoms. The van der Waals surface area contributed by atoms with Gasteiger partial charge in [0.2, 0.25) is 0 Å². The molecule has 0 bridgehead atoms. The van der Waals surface area contributed by atoms with E-state index in [1.165, 1.54) is 13.0 Å². The van der Waals surface area contributed by atoms with Gasteiger partial charge in [0.25, 0.3) is 0 Å². The predicted octanol–water partition coefficient (Wildman–Crippen LogP) is 5.10. The number of fused-ring (bicyclic) bond motifs is 4. The number of phenolic OH excluding ortho intramolecular Hbond substituents is 2. The average Bonchev–Trinajstić information content (AvgIpc) is 2.81. The number of aromatic hydroxyl groups is 2. The van der Waals surface area contributed by atoms with Gasteiger partial charge in [-0.15, -0.1) is 0 Å². The van der Waals surface area contributed by atoms with E-state index in [1.54, 1.807) is 13.8 Å². The van der Waals surface area contributed by atoms with Crippen LogP contribution in [0.4, 0.5) is 0 Å². The fourth-order valence-electron chi connectivity index (χ4n) is 7.49. The van der Waals surface area contributed by atoms with E-state index in [0.717, 1.165) is 12.8 Å². The first kappa shape index (κ1) is 29.0. The first-order valence-corrected chi connectivity index (χ1v) is 14.1. The monoisotopic (exact) mass is 534 g/mol. The molecule has 38 heavy (non-hydrogen) atoms. The summed E-state index contributed by atoms with van der Waals surface area (Å²) in [6.07, 6.45) is 1.33. The fourth-order valence-corrected chi connectivity index (χ4v) is 7.49. The molecule has 1 aromatic carbocycles. The summed E-state index contributed by atoms with van der Waals surface area (Å²) in [6, 6.07) is 1.47. The van der Waals surface area contributed by atoms with Crippen molar-refractivity contribution in [2.45, 2.75) is 129 Å². The summed E-state index contributed by atoms with van der Waals surface area (Å²) in [5, 5.41) is 45.1. The van der Waals surface area contributed by atoms with Crippen LogP contribution >= 0.6 is 0 Å². The minimum Gasteiger partial charge on any atom is -0.507 e. The fraction of sp³-hybridized carbons (Fsp3) is 0.767. The third kappa shape index (κ3) is 4.66. The Labute approximate surface area is 226 Å².